The van der Waals surface area contributed by atoms with Crippen molar-refractivity contribution < 1.29 is 0 Å². The molecule has 1 aromatic rings. The second kappa shape index (κ2) is 7.83. The van der Waals surface area contributed by atoms with Gasteiger partial charge < -0.3 is 5.32 Å². The molecule has 0 unspecified atom stereocenters. The van der Waals surface area contributed by atoms with Crippen molar-refractivity contribution in [3.63, 3.8) is 0 Å². The molecule has 1 N–H and O–H groups in total. The summed E-state index contributed by atoms with van der Waals surface area (Å²) in [5.74, 6) is 0. The van der Waals surface area contributed by atoms with E-state index < -0.39 is 0 Å². The molecule has 1 nitrogen and oxygen atoms in total. The maximum Gasteiger partial charge on any atom is 0.00103 e. The lowest BCUT2D eigenvalue weighted by Gasteiger charge is -2.38. The Morgan fingerprint density at radius 1 is 1.00 bits per heavy atom. The van der Waals surface area contributed by atoms with Crippen LogP contribution in [0.25, 0.3) is 0 Å². The molecule has 0 saturated heterocycles. The van der Waals surface area contributed by atoms with Crippen LogP contribution in [-0.2, 0) is 6.42 Å². The fraction of sp³-hybridized carbons (Fsp3) is 0.684. The first kappa shape index (κ1) is 15.6. The zero-order chi connectivity index (χ0) is 14.3. The molecular weight excluding hydrogens is 242 g/mol. The maximum atomic E-state index is 3.62. The molecule has 1 heteroatoms. The molecule has 0 heterocycles. The zero-order valence-corrected chi connectivity index (χ0v) is 13.3. The van der Waals surface area contributed by atoms with Crippen molar-refractivity contribution in [2.24, 2.45) is 5.41 Å². The first-order valence-electron chi connectivity index (χ1n) is 8.48. The lowest BCUT2D eigenvalue weighted by Crippen LogP contribution is -2.32. The molecule has 1 saturated carbocycles. The van der Waals surface area contributed by atoms with E-state index in [1.54, 1.807) is 0 Å². The van der Waals surface area contributed by atoms with Crippen molar-refractivity contribution in [3.05, 3.63) is 35.9 Å². The number of benzene rings is 1. The van der Waals surface area contributed by atoms with Crippen LogP contribution >= 0.6 is 0 Å². The molecule has 1 aliphatic rings. The van der Waals surface area contributed by atoms with E-state index in [1.807, 2.05) is 0 Å². The smallest absolute Gasteiger partial charge is 0.00103 e. The Labute approximate surface area is 125 Å². The first-order chi connectivity index (χ1) is 9.70. The van der Waals surface area contributed by atoms with E-state index in [-0.39, 0.29) is 0 Å². The summed E-state index contributed by atoms with van der Waals surface area (Å²) in [6.07, 6.45) is 11.2. The monoisotopic (exact) mass is 273 g/mol. The molecule has 0 atom stereocenters. The Morgan fingerprint density at radius 3 is 2.35 bits per heavy atom. The Balaban J connectivity index is 1.88. The standard InChI is InChI=1S/C19H31N/c1-17(2)20-16-15-19(12-7-4-8-13-19)14-11-18-9-5-3-6-10-18/h3,5-6,9-10,17,20H,4,7-8,11-16H2,1-2H3. The second-order valence-electron chi connectivity index (χ2n) is 6.91. The molecule has 0 radical (unpaired) electrons. The largest absolute Gasteiger partial charge is 0.315 e. The number of nitrogens with one attached hydrogen (secondary N) is 1. The van der Waals surface area contributed by atoms with Crippen LogP contribution < -0.4 is 5.32 Å². The maximum absolute atomic E-state index is 3.62. The van der Waals surface area contributed by atoms with Gasteiger partial charge >= 0.3 is 0 Å². The van der Waals surface area contributed by atoms with Crippen LogP contribution in [0.15, 0.2) is 30.3 Å². The molecule has 0 aromatic heterocycles. The van der Waals surface area contributed by atoms with Gasteiger partial charge in [0.1, 0.15) is 0 Å². The van der Waals surface area contributed by atoms with E-state index in [0.29, 0.717) is 11.5 Å². The summed E-state index contributed by atoms with van der Waals surface area (Å²) in [6, 6.07) is 11.6. The topological polar surface area (TPSA) is 12.0 Å². The summed E-state index contributed by atoms with van der Waals surface area (Å²) in [5.41, 5.74) is 2.12. The molecule has 0 bridgehead atoms. The zero-order valence-electron chi connectivity index (χ0n) is 13.3. The Hall–Kier alpha value is -0.820. The average Bonchev–Trinajstić information content (AvgIpc) is 2.47. The molecule has 112 valence electrons. The Kier molecular flexibility index (Phi) is 6.09. The highest BCUT2D eigenvalue weighted by atomic mass is 14.9. The van der Waals surface area contributed by atoms with Crippen LogP contribution in [0, 0.1) is 5.41 Å². The highest BCUT2D eigenvalue weighted by Gasteiger charge is 2.31. The molecule has 1 aliphatic carbocycles. The van der Waals surface area contributed by atoms with Crippen molar-refractivity contribution in [2.45, 2.75) is 71.3 Å². The summed E-state index contributed by atoms with van der Waals surface area (Å²) in [6.45, 7) is 5.68. The average molecular weight is 273 g/mol. The van der Waals surface area contributed by atoms with Crippen LogP contribution in [0.4, 0.5) is 0 Å². The number of aryl methyl sites for hydroxylation is 1. The minimum absolute atomic E-state index is 0.607. The minimum Gasteiger partial charge on any atom is -0.315 e. The van der Waals surface area contributed by atoms with Gasteiger partial charge in [0.05, 0.1) is 0 Å². The van der Waals surface area contributed by atoms with Gasteiger partial charge in [0.2, 0.25) is 0 Å². The predicted octanol–water partition coefficient (Wildman–Crippen LogP) is 4.96. The van der Waals surface area contributed by atoms with Gasteiger partial charge in [-0.05, 0) is 49.6 Å². The fourth-order valence-corrected chi connectivity index (χ4v) is 3.61. The summed E-state index contributed by atoms with van der Waals surface area (Å²) >= 11 is 0. The quantitative estimate of drug-likeness (QED) is 0.740. The van der Waals surface area contributed by atoms with Crippen LogP contribution in [0.3, 0.4) is 0 Å². The van der Waals surface area contributed by atoms with E-state index >= 15 is 0 Å². The number of hydrogen-bond donors (Lipinski definition) is 1. The highest BCUT2D eigenvalue weighted by Crippen LogP contribution is 2.42. The van der Waals surface area contributed by atoms with Gasteiger partial charge in [-0.2, -0.15) is 0 Å². The van der Waals surface area contributed by atoms with Gasteiger partial charge in [-0.3, -0.25) is 0 Å². The van der Waals surface area contributed by atoms with Crippen molar-refractivity contribution in [3.8, 4) is 0 Å². The molecular formula is C19H31N. The summed E-state index contributed by atoms with van der Waals surface area (Å²) in [7, 11) is 0. The third-order valence-electron chi connectivity index (χ3n) is 4.91. The molecule has 0 amide bonds. The predicted molar refractivity (Wildman–Crippen MR) is 88.0 cm³/mol. The van der Waals surface area contributed by atoms with Gasteiger partial charge in [-0.25, -0.2) is 0 Å². The molecule has 1 aromatic carbocycles. The summed E-state index contributed by atoms with van der Waals surface area (Å²) in [5, 5.41) is 3.62. The summed E-state index contributed by atoms with van der Waals surface area (Å²) in [4.78, 5) is 0. The molecule has 0 spiro atoms. The Bertz CT molecular complexity index is 363. The number of rotatable bonds is 7. The lowest BCUT2D eigenvalue weighted by atomic mass is 9.68. The third kappa shape index (κ3) is 4.94. The van der Waals surface area contributed by atoms with Gasteiger partial charge in [0.15, 0.2) is 0 Å². The molecule has 20 heavy (non-hydrogen) atoms. The Morgan fingerprint density at radius 2 is 1.70 bits per heavy atom. The normalized spacial score (nSPS) is 18.4. The van der Waals surface area contributed by atoms with E-state index in [9.17, 15) is 0 Å². The van der Waals surface area contributed by atoms with Gasteiger partial charge in [-0.15, -0.1) is 0 Å². The van der Waals surface area contributed by atoms with Gasteiger partial charge in [-0.1, -0.05) is 63.4 Å². The fourth-order valence-electron chi connectivity index (χ4n) is 3.61. The van der Waals surface area contributed by atoms with Crippen LogP contribution in [-0.4, -0.2) is 12.6 Å². The lowest BCUT2D eigenvalue weighted by molar-refractivity contribution is 0.155. The van der Waals surface area contributed by atoms with Crippen molar-refractivity contribution in [1.29, 1.82) is 0 Å². The van der Waals surface area contributed by atoms with Gasteiger partial charge in [0.25, 0.3) is 0 Å². The summed E-state index contributed by atoms with van der Waals surface area (Å²) < 4.78 is 0. The third-order valence-corrected chi connectivity index (χ3v) is 4.91. The van der Waals surface area contributed by atoms with Crippen molar-refractivity contribution in [2.75, 3.05) is 6.54 Å². The van der Waals surface area contributed by atoms with E-state index in [1.165, 1.54) is 63.5 Å². The minimum atomic E-state index is 0.607. The van der Waals surface area contributed by atoms with Crippen LogP contribution in [0.1, 0.15) is 64.4 Å². The second-order valence-corrected chi connectivity index (χ2v) is 6.91. The SMILES string of the molecule is CC(C)NCCC1(CCc2ccccc2)CCCCC1. The van der Waals surface area contributed by atoms with E-state index in [2.05, 4.69) is 49.5 Å². The molecule has 1 fully saturated rings. The van der Waals surface area contributed by atoms with Crippen LogP contribution in [0.2, 0.25) is 0 Å². The first-order valence-corrected chi connectivity index (χ1v) is 8.48. The highest BCUT2D eigenvalue weighted by molar-refractivity contribution is 5.15. The van der Waals surface area contributed by atoms with E-state index in [0.717, 1.165) is 0 Å². The molecule has 2 rings (SSSR count). The molecule has 0 aliphatic heterocycles. The van der Waals surface area contributed by atoms with Crippen molar-refractivity contribution >= 4 is 0 Å². The number of hydrogen-bond acceptors (Lipinski definition) is 1. The van der Waals surface area contributed by atoms with E-state index in [4.69, 9.17) is 0 Å². The van der Waals surface area contributed by atoms with Gasteiger partial charge in [0, 0.05) is 6.04 Å². The van der Waals surface area contributed by atoms with Crippen molar-refractivity contribution in [1.82, 2.24) is 5.32 Å². The van der Waals surface area contributed by atoms with Crippen LogP contribution in [0.5, 0.6) is 0 Å².